The highest BCUT2D eigenvalue weighted by molar-refractivity contribution is 6.40. The molecule has 2 aromatic carbocycles. The van der Waals surface area contributed by atoms with Crippen molar-refractivity contribution in [2.45, 2.75) is 12.8 Å². The zero-order valence-corrected chi connectivity index (χ0v) is 15.4. The van der Waals surface area contributed by atoms with Crippen molar-refractivity contribution >= 4 is 28.9 Å². The maximum Gasteiger partial charge on any atom is 0.270 e. The summed E-state index contributed by atoms with van der Waals surface area (Å²) in [7, 11) is 0. The second kappa shape index (κ2) is 7.80. The predicted molar refractivity (Wildman–Crippen MR) is 106 cm³/mol. The minimum Gasteiger partial charge on any atom is -0.368 e. The highest BCUT2D eigenvalue weighted by atomic mass is 19.1. The van der Waals surface area contributed by atoms with Gasteiger partial charge in [-0.3, -0.25) is 9.59 Å². The summed E-state index contributed by atoms with van der Waals surface area (Å²) in [5.41, 5.74) is 2.03. The van der Waals surface area contributed by atoms with E-state index in [4.69, 9.17) is 0 Å². The fraction of sp³-hybridized carbons (Fsp3) is 0.286. The Bertz CT molecular complexity index is 890. The van der Waals surface area contributed by atoms with Gasteiger partial charge in [0.15, 0.2) is 0 Å². The fourth-order valence-electron chi connectivity index (χ4n) is 3.48. The summed E-state index contributed by atoms with van der Waals surface area (Å²) in [6.45, 7) is 2.47. The highest BCUT2D eigenvalue weighted by Crippen LogP contribution is 2.21. The molecule has 2 amide bonds. The standard InChI is InChI=1S/C21H21FN4O2/c22-16-6-8-17(9-7-16)24-12-14-25(15-13-24)21(28)19-10-11-20(27)26(23-19)18-4-2-1-3-5-18/h1-9H,10-15H2. The van der Waals surface area contributed by atoms with Crippen molar-refractivity contribution < 1.29 is 14.0 Å². The first-order chi connectivity index (χ1) is 13.6. The number of amides is 2. The van der Waals surface area contributed by atoms with Crippen LogP contribution in [0.1, 0.15) is 12.8 Å². The summed E-state index contributed by atoms with van der Waals surface area (Å²) >= 11 is 0. The molecule has 0 atom stereocenters. The molecule has 2 heterocycles. The molecule has 2 aromatic rings. The monoisotopic (exact) mass is 380 g/mol. The van der Waals surface area contributed by atoms with Gasteiger partial charge in [0, 0.05) is 44.7 Å². The van der Waals surface area contributed by atoms with Gasteiger partial charge in [0.05, 0.1) is 5.69 Å². The molecule has 1 saturated heterocycles. The largest absolute Gasteiger partial charge is 0.368 e. The van der Waals surface area contributed by atoms with E-state index in [2.05, 4.69) is 10.0 Å². The molecule has 6 nitrogen and oxygen atoms in total. The normalized spacial score (nSPS) is 17.5. The van der Waals surface area contributed by atoms with Crippen molar-refractivity contribution in [2.24, 2.45) is 5.10 Å². The lowest BCUT2D eigenvalue weighted by Crippen LogP contribution is -2.51. The number of piperazine rings is 1. The van der Waals surface area contributed by atoms with Crippen LogP contribution in [0, 0.1) is 5.82 Å². The van der Waals surface area contributed by atoms with Gasteiger partial charge in [-0.05, 0) is 36.4 Å². The van der Waals surface area contributed by atoms with E-state index in [1.54, 1.807) is 29.2 Å². The number of hydrazone groups is 1. The van der Waals surface area contributed by atoms with Crippen LogP contribution in [0.25, 0.3) is 0 Å². The van der Waals surface area contributed by atoms with Crippen molar-refractivity contribution in [3.8, 4) is 0 Å². The Hall–Kier alpha value is -3.22. The first kappa shape index (κ1) is 18.2. The minimum absolute atomic E-state index is 0.108. The van der Waals surface area contributed by atoms with Gasteiger partial charge >= 0.3 is 0 Å². The second-order valence-corrected chi connectivity index (χ2v) is 6.84. The third kappa shape index (κ3) is 3.74. The summed E-state index contributed by atoms with van der Waals surface area (Å²) in [5, 5.41) is 5.67. The van der Waals surface area contributed by atoms with Crippen LogP contribution in [-0.2, 0) is 9.59 Å². The minimum atomic E-state index is -0.259. The Morgan fingerprint density at radius 3 is 2.21 bits per heavy atom. The molecule has 0 spiro atoms. The number of hydrogen-bond donors (Lipinski definition) is 0. The lowest BCUT2D eigenvalue weighted by atomic mass is 10.1. The average Bonchev–Trinajstić information content (AvgIpc) is 2.75. The summed E-state index contributed by atoms with van der Waals surface area (Å²) in [6.07, 6.45) is 0.633. The number of anilines is 2. The molecule has 0 bridgehead atoms. The molecule has 0 unspecified atom stereocenters. The molecule has 0 radical (unpaired) electrons. The summed E-state index contributed by atoms with van der Waals surface area (Å²) in [4.78, 5) is 29.0. The van der Waals surface area contributed by atoms with Gasteiger partial charge in [-0.25, -0.2) is 9.40 Å². The van der Waals surface area contributed by atoms with Crippen LogP contribution in [0.5, 0.6) is 0 Å². The van der Waals surface area contributed by atoms with Gasteiger partial charge in [0.2, 0.25) is 5.91 Å². The van der Waals surface area contributed by atoms with E-state index >= 15 is 0 Å². The van der Waals surface area contributed by atoms with E-state index in [-0.39, 0.29) is 24.1 Å². The fourth-order valence-corrected chi connectivity index (χ4v) is 3.48. The number of hydrogen-bond acceptors (Lipinski definition) is 4. The SMILES string of the molecule is O=C(C1=NN(c2ccccc2)C(=O)CC1)N1CCN(c2ccc(F)cc2)CC1. The Morgan fingerprint density at radius 2 is 1.54 bits per heavy atom. The predicted octanol–water partition coefficient (Wildman–Crippen LogP) is 2.66. The number of benzene rings is 2. The van der Waals surface area contributed by atoms with E-state index in [0.717, 1.165) is 5.69 Å². The number of para-hydroxylation sites is 1. The zero-order chi connectivity index (χ0) is 19.5. The average molecular weight is 380 g/mol. The van der Waals surface area contributed by atoms with Crippen molar-refractivity contribution in [2.75, 3.05) is 36.1 Å². The van der Waals surface area contributed by atoms with Crippen LogP contribution in [0.3, 0.4) is 0 Å². The molecular weight excluding hydrogens is 359 g/mol. The zero-order valence-electron chi connectivity index (χ0n) is 15.4. The molecule has 4 rings (SSSR count). The first-order valence-corrected chi connectivity index (χ1v) is 9.37. The molecule has 144 valence electrons. The van der Waals surface area contributed by atoms with Gasteiger partial charge < -0.3 is 9.80 Å². The molecule has 0 aromatic heterocycles. The Morgan fingerprint density at radius 1 is 0.857 bits per heavy atom. The first-order valence-electron chi connectivity index (χ1n) is 9.37. The van der Waals surface area contributed by atoms with Gasteiger partial charge in [0.1, 0.15) is 11.5 Å². The van der Waals surface area contributed by atoms with E-state index < -0.39 is 0 Å². The van der Waals surface area contributed by atoms with Gasteiger partial charge in [-0.1, -0.05) is 18.2 Å². The highest BCUT2D eigenvalue weighted by Gasteiger charge is 2.30. The molecule has 0 aliphatic carbocycles. The van der Waals surface area contributed by atoms with E-state index in [9.17, 15) is 14.0 Å². The summed E-state index contributed by atoms with van der Waals surface area (Å²) < 4.78 is 13.1. The third-order valence-corrected chi connectivity index (χ3v) is 5.04. The lowest BCUT2D eigenvalue weighted by Gasteiger charge is -2.36. The van der Waals surface area contributed by atoms with Crippen LogP contribution in [-0.4, -0.2) is 48.6 Å². The molecule has 1 fully saturated rings. The molecule has 0 saturated carbocycles. The number of rotatable bonds is 3. The number of carbonyl (C=O) groups is 2. The lowest BCUT2D eigenvalue weighted by molar-refractivity contribution is -0.124. The summed E-state index contributed by atoms with van der Waals surface area (Å²) in [5.74, 6) is -0.485. The third-order valence-electron chi connectivity index (χ3n) is 5.04. The quantitative estimate of drug-likeness (QED) is 0.823. The maximum absolute atomic E-state index is 13.1. The van der Waals surface area contributed by atoms with E-state index in [0.29, 0.717) is 44.0 Å². The summed E-state index contributed by atoms with van der Waals surface area (Å²) in [6, 6.07) is 15.5. The van der Waals surface area contributed by atoms with E-state index in [1.807, 2.05) is 18.2 Å². The van der Waals surface area contributed by atoms with Crippen molar-refractivity contribution in [1.29, 1.82) is 0 Å². The van der Waals surface area contributed by atoms with Crippen molar-refractivity contribution in [3.63, 3.8) is 0 Å². The van der Waals surface area contributed by atoms with Crippen LogP contribution in [0.15, 0.2) is 59.7 Å². The molecule has 28 heavy (non-hydrogen) atoms. The molecule has 2 aliphatic heterocycles. The number of halogens is 1. The number of nitrogens with zero attached hydrogens (tertiary/aromatic N) is 4. The van der Waals surface area contributed by atoms with Crippen molar-refractivity contribution in [1.82, 2.24) is 4.90 Å². The van der Waals surface area contributed by atoms with Gasteiger partial charge in [0.25, 0.3) is 5.91 Å². The van der Waals surface area contributed by atoms with E-state index in [1.165, 1.54) is 17.1 Å². The van der Waals surface area contributed by atoms with Gasteiger partial charge in [-0.2, -0.15) is 5.10 Å². The molecule has 7 heteroatoms. The van der Waals surface area contributed by atoms with Crippen LogP contribution >= 0.6 is 0 Å². The second-order valence-electron chi connectivity index (χ2n) is 6.84. The molecule has 2 aliphatic rings. The molecular formula is C21H21FN4O2. The van der Waals surface area contributed by atoms with Crippen LogP contribution in [0.2, 0.25) is 0 Å². The van der Waals surface area contributed by atoms with Gasteiger partial charge in [-0.15, -0.1) is 0 Å². The Balaban J connectivity index is 1.43. The Labute approximate surface area is 162 Å². The number of carbonyl (C=O) groups excluding carboxylic acids is 2. The van der Waals surface area contributed by atoms with Crippen LogP contribution in [0.4, 0.5) is 15.8 Å². The van der Waals surface area contributed by atoms with Crippen molar-refractivity contribution in [3.05, 3.63) is 60.4 Å². The van der Waals surface area contributed by atoms with Crippen LogP contribution < -0.4 is 9.91 Å². The maximum atomic E-state index is 13.1. The smallest absolute Gasteiger partial charge is 0.270 e. The topological polar surface area (TPSA) is 56.2 Å². The Kier molecular flexibility index (Phi) is 5.06. The molecule has 0 N–H and O–H groups in total.